The SMILES string of the molecule is CC(=O)c1ccccc1NC(=O)C(C)OC(=O)Cc1coc2cc(C)c(C)cc12. The molecule has 0 saturated heterocycles. The first-order chi connectivity index (χ1) is 13.8. The lowest BCUT2D eigenvalue weighted by atomic mass is 10.0. The smallest absolute Gasteiger partial charge is 0.311 e. The zero-order valence-electron chi connectivity index (χ0n) is 16.9. The van der Waals surface area contributed by atoms with Crippen LogP contribution in [0.4, 0.5) is 5.69 Å². The maximum atomic E-state index is 12.4. The normalized spacial score (nSPS) is 11.9. The number of hydrogen-bond donors (Lipinski definition) is 1. The number of anilines is 1. The maximum absolute atomic E-state index is 12.4. The summed E-state index contributed by atoms with van der Waals surface area (Å²) in [5.74, 6) is -1.20. The molecule has 3 rings (SSSR count). The van der Waals surface area contributed by atoms with E-state index in [1.807, 2.05) is 26.0 Å². The first-order valence-corrected chi connectivity index (χ1v) is 9.34. The average Bonchev–Trinajstić information content (AvgIpc) is 3.03. The van der Waals surface area contributed by atoms with Crippen LogP contribution in [0.3, 0.4) is 0 Å². The minimum atomic E-state index is -1.01. The van der Waals surface area contributed by atoms with E-state index in [4.69, 9.17) is 9.15 Å². The molecule has 0 bridgehead atoms. The fourth-order valence-electron chi connectivity index (χ4n) is 3.05. The number of Topliss-reactive ketones (excluding diaryl/α,β-unsaturated/α-hetero) is 1. The molecule has 6 nitrogen and oxygen atoms in total. The maximum Gasteiger partial charge on any atom is 0.311 e. The van der Waals surface area contributed by atoms with Crippen LogP contribution in [0.25, 0.3) is 11.0 Å². The van der Waals surface area contributed by atoms with Crippen LogP contribution in [-0.2, 0) is 20.7 Å². The van der Waals surface area contributed by atoms with E-state index in [0.29, 0.717) is 22.4 Å². The molecule has 1 N–H and O–H groups in total. The summed E-state index contributed by atoms with van der Waals surface area (Å²) in [6.45, 7) is 6.91. The Balaban J connectivity index is 1.66. The van der Waals surface area contributed by atoms with Crippen LogP contribution in [0.5, 0.6) is 0 Å². The Morgan fingerprint density at radius 2 is 1.79 bits per heavy atom. The van der Waals surface area contributed by atoms with Crippen molar-refractivity contribution in [2.24, 2.45) is 0 Å². The standard InChI is InChI=1S/C23H23NO5/c1-13-9-19-17(12-28-21(19)10-14(13)2)11-22(26)29-16(4)23(27)24-20-8-6-5-7-18(20)15(3)25/h5-10,12,16H,11H2,1-4H3,(H,24,27). The van der Waals surface area contributed by atoms with E-state index >= 15 is 0 Å². The Kier molecular flexibility index (Phi) is 5.82. The van der Waals surface area contributed by atoms with Crippen molar-refractivity contribution in [2.45, 2.75) is 40.2 Å². The quantitative estimate of drug-likeness (QED) is 0.497. The van der Waals surface area contributed by atoms with E-state index in [9.17, 15) is 14.4 Å². The second-order valence-corrected chi connectivity index (χ2v) is 7.09. The largest absolute Gasteiger partial charge is 0.464 e. The third-order valence-corrected chi connectivity index (χ3v) is 4.85. The summed E-state index contributed by atoms with van der Waals surface area (Å²) < 4.78 is 10.8. The number of furan rings is 1. The van der Waals surface area contributed by atoms with Crippen molar-refractivity contribution in [1.82, 2.24) is 0 Å². The number of carbonyl (C=O) groups is 3. The monoisotopic (exact) mass is 393 g/mol. The number of benzene rings is 2. The number of rotatable bonds is 6. The summed E-state index contributed by atoms with van der Waals surface area (Å²) in [7, 11) is 0. The number of esters is 1. The van der Waals surface area contributed by atoms with E-state index in [-0.39, 0.29) is 12.2 Å². The van der Waals surface area contributed by atoms with Gasteiger partial charge in [0.25, 0.3) is 5.91 Å². The number of hydrogen-bond acceptors (Lipinski definition) is 5. The van der Waals surface area contributed by atoms with Crippen LogP contribution in [0.15, 0.2) is 47.1 Å². The summed E-state index contributed by atoms with van der Waals surface area (Å²) in [6, 6.07) is 10.6. The molecule has 3 aromatic rings. The number of nitrogens with one attached hydrogen (secondary N) is 1. The second kappa shape index (κ2) is 8.31. The Morgan fingerprint density at radius 1 is 1.10 bits per heavy atom. The molecule has 2 aromatic carbocycles. The molecule has 1 heterocycles. The predicted octanol–water partition coefficient (Wildman–Crippen LogP) is 4.37. The Labute approximate surface area is 168 Å². The number of para-hydroxylation sites is 1. The highest BCUT2D eigenvalue weighted by Crippen LogP contribution is 2.25. The van der Waals surface area contributed by atoms with Crippen LogP contribution in [-0.4, -0.2) is 23.8 Å². The van der Waals surface area contributed by atoms with Crippen molar-refractivity contribution in [3.8, 4) is 0 Å². The van der Waals surface area contributed by atoms with Gasteiger partial charge in [0.1, 0.15) is 5.58 Å². The number of fused-ring (bicyclic) bond motifs is 1. The molecule has 0 fully saturated rings. The van der Waals surface area contributed by atoms with Gasteiger partial charge in [-0.05, 0) is 63.1 Å². The molecular formula is C23H23NO5. The summed E-state index contributed by atoms with van der Waals surface area (Å²) >= 11 is 0. The Morgan fingerprint density at radius 3 is 2.52 bits per heavy atom. The fraction of sp³-hybridized carbons (Fsp3) is 0.261. The molecule has 0 aliphatic carbocycles. The zero-order chi connectivity index (χ0) is 21.1. The molecule has 1 amide bonds. The van der Waals surface area contributed by atoms with Gasteiger partial charge in [-0.1, -0.05) is 12.1 Å². The van der Waals surface area contributed by atoms with Gasteiger partial charge in [0.2, 0.25) is 0 Å². The number of aryl methyl sites for hydroxylation is 2. The van der Waals surface area contributed by atoms with Crippen molar-refractivity contribution in [1.29, 1.82) is 0 Å². The van der Waals surface area contributed by atoms with Crippen LogP contribution in [0, 0.1) is 13.8 Å². The van der Waals surface area contributed by atoms with Gasteiger partial charge in [-0.2, -0.15) is 0 Å². The molecule has 6 heteroatoms. The molecular weight excluding hydrogens is 370 g/mol. The van der Waals surface area contributed by atoms with Gasteiger partial charge in [-0.15, -0.1) is 0 Å². The minimum Gasteiger partial charge on any atom is -0.464 e. The molecule has 0 aliphatic heterocycles. The highest BCUT2D eigenvalue weighted by atomic mass is 16.5. The highest BCUT2D eigenvalue weighted by Gasteiger charge is 2.21. The first kappa shape index (κ1) is 20.3. The topological polar surface area (TPSA) is 85.6 Å². The van der Waals surface area contributed by atoms with Crippen LogP contribution >= 0.6 is 0 Å². The van der Waals surface area contributed by atoms with Crippen LogP contribution in [0.2, 0.25) is 0 Å². The lowest BCUT2D eigenvalue weighted by Gasteiger charge is -2.15. The van der Waals surface area contributed by atoms with Gasteiger partial charge in [0.15, 0.2) is 11.9 Å². The molecule has 0 spiro atoms. The molecule has 29 heavy (non-hydrogen) atoms. The summed E-state index contributed by atoms with van der Waals surface area (Å²) in [4.78, 5) is 36.4. The van der Waals surface area contributed by atoms with Crippen LogP contribution in [0.1, 0.15) is 40.9 Å². The third kappa shape index (κ3) is 4.54. The van der Waals surface area contributed by atoms with Crippen molar-refractivity contribution >= 4 is 34.3 Å². The van der Waals surface area contributed by atoms with Gasteiger partial charge >= 0.3 is 5.97 Å². The van der Waals surface area contributed by atoms with Gasteiger partial charge in [0, 0.05) is 16.5 Å². The van der Waals surface area contributed by atoms with Crippen molar-refractivity contribution in [3.63, 3.8) is 0 Å². The van der Waals surface area contributed by atoms with Crippen LogP contribution < -0.4 is 5.32 Å². The van der Waals surface area contributed by atoms with E-state index in [1.54, 1.807) is 30.5 Å². The number of ketones is 1. The predicted molar refractivity (Wildman–Crippen MR) is 110 cm³/mol. The lowest BCUT2D eigenvalue weighted by molar-refractivity contribution is -0.152. The highest BCUT2D eigenvalue weighted by molar-refractivity contribution is 6.04. The minimum absolute atomic E-state index is 0.00282. The summed E-state index contributed by atoms with van der Waals surface area (Å²) in [5, 5.41) is 3.50. The Bertz CT molecular complexity index is 1100. The molecule has 1 atom stereocenters. The average molecular weight is 393 g/mol. The number of ether oxygens (including phenoxy) is 1. The van der Waals surface area contributed by atoms with Gasteiger partial charge in [-0.3, -0.25) is 14.4 Å². The van der Waals surface area contributed by atoms with Gasteiger partial charge in [-0.25, -0.2) is 0 Å². The first-order valence-electron chi connectivity index (χ1n) is 9.34. The summed E-state index contributed by atoms with van der Waals surface area (Å²) in [6.07, 6.45) is 0.528. The number of carbonyl (C=O) groups excluding carboxylic acids is 3. The molecule has 0 radical (unpaired) electrons. The van der Waals surface area contributed by atoms with E-state index < -0.39 is 18.0 Å². The Hall–Kier alpha value is -3.41. The second-order valence-electron chi connectivity index (χ2n) is 7.09. The van der Waals surface area contributed by atoms with E-state index in [1.165, 1.54) is 13.8 Å². The van der Waals surface area contributed by atoms with E-state index in [0.717, 1.165) is 16.5 Å². The molecule has 1 aromatic heterocycles. The third-order valence-electron chi connectivity index (χ3n) is 4.85. The zero-order valence-corrected chi connectivity index (χ0v) is 16.9. The molecule has 1 unspecified atom stereocenters. The number of amides is 1. The molecule has 0 aliphatic rings. The molecule has 150 valence electrons. The van der Waals surface area contributed by atoms with Crippen molar-refractivity contribution < 1.29 is 23.5 Å². The van der Waals surface area contributed by atoms with Gasteiger partial charge < -0.3 is 14.5 Å². The lowest BCUT2D eigenvalue weighted by Crippen LogP contribution is -2.31. The summed E-state index contributed by atoms with van der Waals surface area (Å²) in [5.41, 5.74) is 4.42. The fourth-order valence-corrected chi connectivity index (χ4v) is 3.05. The van der Waals surface area contributed by atoms with Crippen molar-refractivity contribution in [3.05, 3.63) is 64.9 Å². The van der Waals surface area contributed by atoms with Gasteiger partial charge in [0.05, 0.1) is 18.4 Å². The molecule has 0 saturated carbocycles. The van der Waals surface area contributed by atoms with E-state index in [2.05, 4.69) is 5.32 Å². The van der Waals surface area contributed by atoms with Crippen molar-refractivity contribution in [2.75, 3.05) is 5.32 Å².